The third-order valence-electron chi connectivity index (χ3n) is 3.04. The van der Waals surface area contributed by atoms with Gasteiger partial charge in [-0.05, 0) is 30.2 Å². The minimum Gasteiger partial charge on any atom is -0.355 e. The zero-order chi connectivity index (χ0) is 11.4. The average molecular weight is 302 g/mol. The largest absolute Gasteiger partial charge is 0.355 e. The minimum absolute atomic E-state index is 0.147. The molecule has 88 valence electrons. The highest BCUT2D eigenvalue weighted by atomic mass is 79.9. The van der Waals surface area contributed by atoms with Gasteiger partial charge in [0.1, 0.15) is 0 Å². The van der Waals surface area contributed by atoms with E-state index in [1.54, 1.807) is 11.3 Å². The lowest BCUT2D eigenvalue weighted by Crippen LogP contribution is -2.31. The second kappa shape index (κ2) is 5.82. The number of nitrogens with one attached hydrogen (secondary N) is 1. The van der Waals surface area contributed by atoms with Crippen LogP contribution in [0.4, 0.5) is 0 Å². The van der Waals surface area contributed by atoms with Gasteiger partial charge in [0.25, 0.3) is 0 Å². The first-order valence-electron chi connectivity index (χ1n) is 5.69. The Hall–Kier alpha value is -0.350. The Balaban J connectivity index is 1.71. The van der Waals surface area contributed by atoms with E-state index in [0.717, 1.165) is 11.4 Å². The van der Waals surface area contributed by atoms with Crippen LogP contribution in [0.1, 0.15) is 24.1 Å². The van der Waals surface area contributed by atoms with Crippen molar-refractivity contribution in [1.29, 1.82) is 0 Å². The van der Waals surface area contributed by atoms with Crippen LogP contribution in [0.2, 0.25) is 0 Å². The number of alkyl halides is 1. The molecule has 0 aliphatic heterocycles. The van der Waals surface area contributed by atoms with Crippen molar-refractivity contribution in [2.45, 2.75) is 30.5 Å². The highest BCUT2D eigenvalue weighted by Gasteiger charge is 2.24. The summed E-state index contributed by atoms with van der Waals surface area (Å²) in [5.74, 6) is 0.765. The standard InChI is InChI=1S/C12H16BrNOS/c13-11-5-1-3-9(11)8-14-12(15)7-10-4-2-6-16-10/h2,4,6,9,11H,1,3,5,7-8H2,(H,14,15). The molecule has 16 heavy (non-hydrogen) atoms. The number of amides is 1. The molecule has 0 spiro atoms. The monoisotopic (exact) mass is 301 g/mol. The summed E-state index contributed by atoms with van der Waals surface area (Å²) in [6, 6.07) is 3.99. The van der Waals surface area contributed by atoms with Gasteiger partial charge < -0.3 is 5.32 Å². The summed E-state index contributed by atoms with van der Waals surface area (Å²) in [6.45, 7) is 0.820. The summed E-state index contributed by atoms with van der Waals surface area (Å²) in [6.07, 6.45) is 4.28. The topological polar surface area (TPSA) is 29.1 Å². The molecule has 1 fully saturated rings. The molecule has 0 aromatic carbocycles. The van der Waals surface area contributed by atoms with Crippen molar-refractivity contribution in [1.82, 2.24) is 5.32 Å². The van der Waals surface area contributed by atoms with Crippen molar-refractivity contribution >= 4 is 33.2 Å². The zero-order valence-corrected chi connectivity index (χ0v) is 11.5. The maximum absolute atomic E-state index is 11.7. The molecule has 2 unspecified atom stereocenters. The van der Waals surface area contributed by atoms with Gasteiger partial charge in [0.05, 0.1) is 6.42 Å². The molecule has 1 aromatic rings. The molecule has 1 aliphatic carbocycles. The maximum atomic E-state index is 11.7. The van der Waals surface area contributed by atoms with Crippen molar-refractivity contribution in [2.75, 3.05) is 6.54 Å². The summed E-state index contributed by atoms with van der Waals surface area (Å²) in [4.78, 5) is 13.4. The van der Waals surface area contributed by atoms with Gasteiger partial charge in [-0.3, -0.25) is 4.79 Å². The van der Waals surface area contributed by atoms with E-state index in [0.29, 0.717) is 17.2 Å². The molecule has 1 aliphatic rings. The van der Waals surface area contributed by atoms with Crippen LogP contribution in [0, 0.1) is 5.92 Å². The lowest BCUT2D eigenvalue weighted by molar-refractivity contribution is -0.120. The van der Waals surface area contributed by atoms with E-state index in [1.165, 1.54) is 19.3 Å². The molecule has 1 N–H and O–H groups in total. The van der Waals surface area contributed by atoms with E-state index in [-0.39, 0.29) is 5.91 Å². The van der Waals surface area contributed by atoms with E-state index in [2.05, 4.69) is 21.2 Å². The number of carbonyl (C=O) groups excluding carboxylic acids is 1. The Morgan fingerprint density at radius 1 is 1.56 bits per heavy atom. The number of carbonyl (C=O) groups is 1. The molecule has 0 bridgehead atoms. The fourth-order valence-corrected chi connectivity index (χ4v) is 3.58. The third-order valence-corrected chi connectivity index (χ3v) is 5.12. The molecule has 1 aromatic heterocycles. The van der Waals surface area contributed by atoms with Crippen LogP contribution in [-0.4, -0.2) is 17.3 Å². The average Bonchev–Trinajstić information content (AvgIpc) is 2.87. The van der Waals surface area contributed by atoms with E-state index in [4.69, 9.17) is 0 Å². The van der Waals surface area contributed by atoms with Gasteiger partial charge in [-0.1, -0.05) is 28.4 Å². The fourth-order valence-electron chi connectivity index (χ4n) is 2.10. The lowest BCUT2D eigenvalue weighted by Gasteiger charge is -2.14. The normalized spacial score (nSPS) is 24.6. The Bertz CT molecular complexity index is 339. The molecule has 0 saturated heterocycles. The first-order chi connectivity index (χ1) is 7.75. The summed E-state index contributed by atoms with van der Waals surface area (Å²) in [7, 11) is 0. The van der Waals surface area contributed by atoms with E-state index in [9.17, 15) is 4.79 Å². The molecule has 1 heterocycles. The summed E-state index contributed by atoms with van der Waals surface area (Å²) in [5.41, 5.74) is 0. The van der Waals surface area contributed by atoms with E-state index >= 15 is 0 Å². The molecular weight excluding hydrogens is 286 g/mol. The number of halogens is 1. The van der Waals surface area contributed by atoms with Gasteiger partial charge in [0.15, 0.2) is 0 Å². The molecule has 1 amide bonds. The van der Waals surface area contributed by atoms with Crippen molar-refractivity contribution in [3.8, 4) is 0 Å². The summed E-state index contributed by atoms with van der Waals surface area (Å²) < 4.78 is 0. The van der Waals surface area contributed by atoms with Crippen LogP contribution >= 0.6 is 27.3 Å². The third kappa shape index (κ3) is 3.32. The van der Waals surface area contributed by atoms with Crippen LogP contribution < -0.4 is 5.32 Å². The Kier molecular flexibility index (Phi) is 4.41. The van der Waals surface area contributed by atoms with Crippen molar-refractivity contribution < 1.29 is 4.79 Å². The van der Waals surface area contributed by atoms with Crippen LogP contribution in [-0.2, 0) is 11.2 Å². The smallest absolute Gasteiger partial charge is 0.225 e. The van der Waals surface area contributed by atoms with Gasteiger partial charge in [-0.25, -0.2) is 0 Å². The first-order valence-corrected chi connectivity index (χ1v) is 7.48. The molecule has 4 heteroatoms. The SMILES string of the molecule is O=C(Cc1cccs1)NCC1CCCC1Br. The second-order valence-corrected chi connectivity index (χ2v) is 6.48. The van der Waals surface area contributed by atoms with Gasteiger partial charge in [0.2, 0.25) is 5.91 Å². The van der Waals surface area contributed by atoms with Crippen LogP contribution in [0.15, 0.2) is 17.5 Å². The van der Waals surface area contributed by atoms with Crippen LogP contribution in [0.5, 0.6) is 0 Å². The molecule has 2 atom stereocenters. The van der Waals surface area contributed by atoms with Crippen molar-refractivity contribution in [3.05, 3.63) is 22.4 Å². The van der Waals surface area contributed by atoms with Gasteiger partial charge >= 0.3 is 0 Å². The summed E-state index contributed by atoms with van der Waals surface area (Å²) >= 11 is 5.31. The van der Waals surface area contributed by atoms with Gasteiger partial charge in [-0.2, -0.15) is 0 Å². The van der Waals surface area contributed by atoms with E-state index < -0.39 is 0 Å². The van der Waals surface area contributed by atoms with Crippen molar-refractivity contribution in [3.63, 3.8) is 0 Å². The second-order valence-electron chi connectivity index (χ2n) is 4.27. The van der Waals surface area contributed by atoms with Crippen LogP contribution in [0.25, 0.3) is 0 Å². The van der Waals surface area contributed by atoms with E-state index in [1.807, 2.05) is 17.5 Å². The highest BCUT2D eigenvalue weighted by molar-refractivity contribution is 9.09. The maximum Gasteiger partial charge on any atom is 0.225 e. The molecule has 1 saturated carbocycles. The predicted molar refractivity (Wildman–Crippen MR) is 71.1 cm³/mol. The number of thiophene rings is 1. The molecule has 0 radical (unpaired) electrons. The number of hydrogen-bond acceptors (Lipinski definition) is 2. The Morgan fingerprint density at radius 3 is 3.06 bits per heavy atom. The number of rotatable bonds is 4. The van der Waals surface area contributed by atoms with Crippen LogP contribution in [0.3, 0.4) is 0 Å². The lowest BCUT2D eigenvalue weighted by atomic mass is 10.1. The molecule has 2 nitrogen and oxygen atoms in total. The van der Waals surface area contributed by atoms with Gasteiger partial charge in [0, 0.05) is 16.2 Å². The Labute approximate surface area is 109 Å². The summed E-state index contributed by atoms with van der Waals surface area (Å²) in [5, 5.41) is 5.04. The van der Waals surface area contributed by atoms with Gasteiger partial charge in [-0.15, -0.1) is 11.3 Å². The van der Waals surface area contributed by atoms with Crippen molar-refractivity contribution in [2.24, 2.45) is 5.92 Å². The number of hydrogen-bond donors (Lipinski definition) is 1. The first kappa shape index (κ1) is 12.1. The zero-order valence-electron chi connectivity index (χ0n) is 9.12. The minimum atomic E-state index is 0.147. The highest BCUT2D eigenvalue weighted by Crippen LogP contribution is 2.30. The Morgan fingerprint density at radius 2 is 2.44 bits per heavy atom. The quantitative estimate of drug-likeness (QED) is 0.851. The fraction of sp³-hybridized carbons (Fsp3) is 0.583. The predicted octanol–water partition coefficient (Wildman–Crippen LogP) is 2.97. The molecular formula is C12H16BrNOS. The molecule has 2 rings (SSSR count).